The number of unbranched alkanes of at least 4 members (excludes halogenated alkanes) is 2. The maximum absolute atomic E-state index is 11.5. The summed E-state index contributed by atoms with van der Waals surface area (Å²) in [4.78, 5) is 2.41. The smallest absolute Gasteiger partial charge is 0.238 e. The second kappa shape index (κ2) is 6.56. The lowest BCUT2D eigenvalue weighted by molar-refractivity contribution is 0.283. The van der Waals surface area contributed by atoms with Crippen LogP contribution in [-0.2, 0) is 16.4 Å². The van der Waals surface area contributed by atoms with E-state index < -0.39 is 10.0 Å². The average molecular weight is 298 g/mol. The van der Waals surface area contributed by atoms with Gasteiger partial charge in [0.15, 0.2) is 0 Å². The molecule has 1 aliphatic rings. The summed E-state index contributed by atoms with van der Waals surface area (Å²) >= 11 is 0. The first-order chi connectivity index (χ1) is 9.52. The fraction of sp³-hybridized carbons (Fsp3) is 0.571. The van der Waals surface area contributed by atoms with Crippen molar-refractivity contribution in [3.05, 3.63) is 23.8 Å². The van der Waals surface area contributed by atoms with Crippen molar-refractivity contribution in [2.45, 2.75) is 37.0 Å². The number of anilines is 1. The van der Waals surface area contributed by atoms with Crippen molar-refractivity contribution in [1.82, 2.24) is 0 Å². The van der Waals surface area contributed by atoms with Gasteiger partial charge < -0.3 is 10.0 Å². The van der Waals surface area contributed by atoms with Crippen molar-refractivity contribution in [3.8, 4) is 0 Å². The molecule has 0 fully saturated rings. The predicted molar refractivity (Wildman–Crippen MR) is 79.3 cm³/mol. The number of fused-ring (bicyclic) bond motifs is 1. The lowest BCUT2D eigenvalue weighted by atomic mass is 10.0. The molecule has 0 spiro atoms. The molecule has 0 radical (unpaired) electrons. The van der Waals surface area contributed by atoms with Crippen LogP contribution in [-0.4, -0.2) is 33.2 Å². The molecular formula is C14H22N2O3S. The monoisotopic (exact) mass is 298 g/mol. The number of rotatable bonds is 6. The largest absolute Gasteiger partial charge is 0.396 e. The molecule has 5 nitrogen and oxygen atoms in total. The highest BCUT2D eigenvalue weighted by atomic mass is 32.2. The average Bonchev–Trinajstić information content (AvgIpc) is 2.42. The van der Waals surface area contributed by atoms with Gasteiger partial charge in [-0.15, -0.1) is 0 Å². The number of sulfonamides is 1. The molecule has 0 saturated heterocycles. The number of hydrogen-bond donors (Lipinski definition) is 2. The van der Waals surface area contributed by atoms with Gasteiger partial charge in [-0.2, -0.15) is 0 Å². The van der Waals surface area contributed by atoms with Crippen LogP contribution in [0.15, 0.2) is 23.1 Å². The van der Waals surface area contributed by atoms with E-state index in [1.165, 1.54) is 5.56 Å². The third-order valence-corrected chi connectivity index (χ3v) is 4.60. The molecule has 0 atom stereocenters. The third kappa shape index (κ3) is 3.71. The van der Waals surface area contributed by atoms with Gasteiger partial charge in [-0.25, -0.2) is 13.6 Å². The molecule has 0 unspecified atom stereocenters. The first-order valence-corrected chi connectivity index (χ1v) is 8.58. The summed E-state index contributed by atoms with van der Waals surface area (Å²) in [5.74, 6) is 0. The Balaban J connectivity index is 2.16. The Labute approximate surface area is 120 Å². The van der Waals surface area contributed by atoms with Crippen LogP contribution in [0.2, 0.25) is 0 Å². The number of aryl methyl sites for hydroxylation is 1. The molecule has 0 aromatic heterocycles. The molecule has 6 heteroatoms. The number of primary sulfonamides is 1. The second-order valence-corrected chi connectivity index (χ2v) is 6.77. The predicted octanol–water partition coefficient (Wildman–Crippen LogP) is 1.25. The number of hydrogen-bond acceptors (Lipinski definition) is 4. The summed E-state index contributed by atoms with van der Waals surface area (Å²) in [6.45, 7) is 2.06. The van der Waals surface area contributed by atoms with E-state index >= 15 is 0 Å². The van der Waals surface area contributed by atoms with Crippen molar-refractivity contribution in [3.63, 3.8) is 0 Å². The zero-order valence-corrected chi connectivity index (χ0v) is 12.4. The molecule has 1 aromatic carbocycles. The van der Waals surface area contributed by atoms with Gasteiger partial charge in [0.2, 0.25) is 10.0 Å². The van der Waals surface area contributed by atoms with Crippen LogP contribution in [0.4, 0.5) is 5.69 Å². The Bertz CT molecular complexity index is 558. The summed E-state index contributed by atoms with van der Waals surface area (Å²) in [6, 6.07) is 5.15. The van der Waals surface area contributed by atoms with Crippen molar-refractivity contribution < 1.29 is 13.5 Å². The summed E-state index contributed by atoms with van der Waals surface area (Å²) in [6.07, 6.45) is 4.86. The van der Waals surface area contributed by atoms with Crippen LogP contribution < -0.4 is 10.0 Å². The maximum Gasteiger partial charge on any atom is 0.238 e. The SMILES string of the molecule is NS(=O)(=O)c1ccc2c(c1)N(CCCCCO)CCC2. The van der Waals surface area contributed by atoms with E-state index in [4.69, 9.17) is 10.2 Å². The second-order valence-electron chi connectivity index (χ2n) is 5.21. The Morgan fingerprint density at radius 3 is 2.75 bits per heavy atom. The van der Waals surface area contributed by atoms with Crippen LogP contribution in [0.1, 0.15) is 31.2 Å². The topological polar surface area (TPSA) is 83.6 Å². The zero-order chi connectivity index (χ0) is 14.6. The molecule has 1 aliphatic heterocycles. The highest BCUT2D eigenvalue weighted by Crippen LogP contribution is 2.29. The van der Waals surface area contributed by atoms with Gasteiger partial charge in [0, 0.05) is 25.4 Å². The van der Waals surface area contributed by atoms with E-state index in [0.717, 1.165) is 50.9 Å². The van der Waals surface area contributed by atoms with Crippen molar-refractivity contribution >= 4 is 15.7 Å². The minimum absolute atomic E-state index is 0.179. The highest BCUT2D eigenvalue weighted by Gasteiger charge is 2.19. The fourth-order valence-corrected chi connectivity index (χ4v) is 3.16. The van der Waals surface area contributed by atoms with E-state index in [1.807, 2.05) is 6.07 Å². The number of benzene rings is 1. The maximum atomic E-state index is 11.5. The molecule has 0 bridgehead atoms. The lowest BCUT2D eigenvalue weighted by Crippen LogP contribution is -2.30. The number of nitrogens with zero attached hydrogens (tertiary/aromatic N) is 1. The summed E-state index contributed by atoms with van der Waals surface area (Å²) in [5.41, 5.74) is 2.18. The number of aliphatic hydroxyl groups is 1. The molecule has 3 N–H and O–H groups in total. The quantitative estimate of drug-likeness (QED) is 0.774. The van der Waals surface area contributed by atoms with Gasteiger partial charge in [-0.05, 0) is 49.8 Å². The standard InChI is InChI=1S/C14H22N2O3S/c15-20(18,19)13-7-6-12-5-4-9-16(14(12)11-13)8-2-1-3-10-17/h6-7,11,17H,1-5,8-10H2,(H2,15,18,19). The van der Waals surface area contributed by atoms with Crippen LogP contribution in [0, 0.1) is 0 Å². The molecule has 112 valence electrons. The highest BCUT2D eigenvalue weighted by molar-refractivity contribution is 7.89. The lowest BCUT2D eigenvalue weighted by Gasteiger charge is -2.31. The van der Waals surface area contributed by atoms with Crippen molar-refractivity contribution in [2.75, 3.05) is 24.6 Å². The van der Waals surface area contributed by atoms with Gasteiger partial charge in [-0.1, -0.05) is 6.07 Å². The molecule has 1 heterocycles. The fourth-order valence-electron chi connectivity index (χ4n) is 2.63. The Hall–Kier alpha value is -1.11. The Morgan fingerprint density at radius 2 is 2.05 bits per heavy atom. The number of aliphatic hydroxyl groups excluding tert-OH is 1. The number of nitrogens with two attached hydrogens (primary N) is 1. The Morgan fingerprint density at radius 1 is 1.25 bits per heavy atom. The summed E-state index contributed by atoms with van der Waals surface area (Å²) in [5, 5.41) is 14.0. The van der Waals surface area contributed by atoms with E-state index in [0.29, 0.717) is 0 Å². The van der Waals surface area contributed by atoms with Crippen molar-refractivity contribution in [1.29, 1.82) is 0 Å². The van der Waals surface area contributed by atoms with Gasteiger partial charge in [-0.3, -0.25) is 0 Å². The molecule has 20 heavy (non-hydrogen) atoms. The van der Waals surface area contributed by atoms with Gasteiger partial charge in [0.1, 0.15) is 0 Å². The molecule has 0 amide bonds. The first-order valence-electron chi connectivity index (χ1n) is 7.04. The zero-order valence-electron chi connectivity index (χ0n) is 11.6. The van der Waals surface area contributed by atoms with Gasteiger partial charge in [0.05, 0.1) is 4.90 Å². The summed E-state index contributed by atoms with van der Waals surface area (Å²) in [7, 11) is -3.65. The third-order valence-electron chi connectivity index (χ3n) is 3.69. The summed E-state index contributed by atoms with van der Waals surface area (Å²) < 4.78 is 22.9. The first kappa shape index (κ1) is 15.3. The molecular weight excluding hydrogens is 276 g/mol. The Kier molecular flexibility index (Phi) is 5.01. The van der Waals surface area contributed by atoms with E-state index in [-0.39, 0.29) is 11.5 Å². The van der Waals surface area contributed by atoms with Gasteiger partial charge >= 0.3 is 0 Å². The minimum atomic E-state index is -3.65. The van der Waals surface area contributed by atoms with Crippen LogP contribution in [0.5, 0.6) is 0 Å². The van der Waals surface area contributed by atoms with E-state index in [9.17, 15) is 8.42 Å². The van der Waals surface area contributed by atoms with Crippen molar-refractivity contribution in [2.24, 2.45) is 5.14 Å². The molecule has 0 saturated carbocycles. The van der Waals surface area contributed by atoms with Crippen LogP contribution >= 0.6 is 0 Å². The van der Waals surface area contributed by atoms with Gasteiger partial charge in [0.25, 0.3) is 0 Å². The molecule has 1 aromatic rings. The van der Waals surface area contributed by atoms with E-state index in [2.05, 4.69) is 4.90 Å². The normalized spacial score (nSPS) is 15.2. The molecule has 2 rings (SSSR count). The van der Waals surface area contributed by atoms with E-state index in [1.54, 1.807) is 12.1 Å². The van der Waals surface area contributed by atoms with Crippen LogP contribution in [0.3, 0.4) is 0 Å². The minimum Gasteiger partial charge on any atom is -0.396 e. The molecule has 0 aliphatic carbocycles. The van der Waals surface area contributed by atoms with Crippen LogP contribution in [0.25, 0.3) is 0 Å².